The molecule has 52 heavy (non-hydrogen) atoms. The Morgan fingerprint density at radius 3 is 2.17 bits per heavy atom. The minimum absolute atomic E-state index is 0.0410. The lowest BCUT2D eigenvalue weighted by Crippen LogP contribution is -2.58. The maximum Gasteiger partial charge on any atom is 0.338 e. The second kappa shape index (κ2) is 12.5. The van der Waals surface area contributed by atoms with Gasteiger partial charge in [0.15, 0.2) is 11.6 Å². The fourth-order valence-electron chi connectivity index (χ4n) is 11.8. The van der Waals surface area contributed by atoms with Crippen LogP contribution in [0.25, 0.3) is 0 Å². The first-order chi connectivity index (χ1) is 24.7. The molecule has 2 aliphatic heterocycles. The van der Waals surface area contributed by atoms with Crippen molar-refractivity contribution in [2.45, 2.75) is 115 Å². The SMILES string of the molecule is CC(=O)O[C@H]1CC[C@@]2(C)[C@@H](CC[C@H]3C4=C[C@]5(O)O[C@]6(CC[C@@](C)(COC(=O)c7ccccc7)O6)[C@@H](C)[C@@H]5[C@@]4(C)[C@H](OC(=O)c4ccccc4)C[C@@H]32)C1. The first kappa shape index (κ1) is 35.5. The van der Waals surface area contributed by atoms with Crippen molar-refractivity contribution >= 4 is 17.9 Å². The van der Waals surface area contributed by atoms with E-state index in [9.17, 15) is 19.5 Å². The predicted molar refractivity (Wildman–Crippen MR) is 191 cm³/mol. The number of hydrogen-bond donors (Lipinski definition) is 1. The Labute approximate surface area is 306 Å². The van der Waals surface area contributed by atoms with Gasteiger partial charge in [-0.25, -0.2) is 9.59 Å². The van der Waals surface area contributed by atoms with Crippen LogP contribution >= 0.6 is 0 Å². The van der Waals surface area contributed by atoms with E-state index in [0.29, 0.717) is 36.3 Å². The number of benzene rings is 2. The largest absolute Gasteiger partial charge is 0.463 e. The average Bonchev–Trinajstić information content (AvgIpc) is 3.67. The summed E-state index contributed by atoms with van der Waals surface area (Å²) >= 11 is 0. The molecule has 4 aliphatic carbocycles. The van der Waals surface area contributed by atoms with Crippen molar-refractivity contribution in [1.29, 1.82) is 0 Å². The number of carbonyl (C=O) groups is 3. The molecule has 0 aromatic heterocycles. The van der Waals surface area contributed by atoms with Gasteiger partial charge in [0.1, 0.15) is 24.4 Å². The van der Waals surface area contributed by atoms with Crippen LogP contribution in [0.4, 0.5) is 0 Å². The van der Waals surface area contributed by atoms with Crippen LogP contribution < -0.4 is 0 Å². The smallest absolute Gasteiger partial charge is 0.338 e. The second-order valence-electron chi connectivity index (χ2n) is 17.3. The average molecular weight is 713 g/mol. The summed E-state index contributed by atoms with van der Waals surface area (Å²) in [6, 6.07) is 18.0. The summed E-state index contributed by atoms with van der Waals surface area (Å²) in [4.78, 5) is 38.6. The van der Waals surface area contributed by atoms with Gasteiger partial charge < -0.3 is 28.8 Å². The van der Waals surface area contributed by atoms with Crippen LogP contribution in [-0.4, -0.2) is 59.0 Å². The number of hydrogen-bond acceptors (Lipinski definition) is 9. The first-order valence-electron chi connectivity index (χ1n) is 19.2. The zero-order valence-electron chi connectivity index (χ0n) is 31.0. The standard InChI is InChI=1S/C43H52O9/c1-26-36-41(5)34(24-42(36,47)52-43(26)21-20-39(3,51-43)25-48-37(45)28-12-8-6-9-13-28)32-17-16-30-22-31(49-27(2)44)18-19-40(30,4)33(32)23-35(41)50-38(46)29-14-10-7-11-15-29/h6-15,24,26,30-33,35-36,47H,16-23,25H2,1-5H3/t26-,30-,31-,32+,33-,35+,36+,39-,40-,41+,42-,43+/m0/s1. The molecule has 0 bridgehead atoms. The van der Waals surface area contributed by atoms with Crippen molar-refractivity contribution in [3.8, 4) is 0 Å². The van der Waals surface area contributed by atoms with Gasteiger partial charge in [0.2, 0.25) is 0 Å². The van der Waals surface area contributed by atoms with Gasteiger partial charge in [0.05, 0.1) is 11.1 Å². The lowest BCUT2D eigenvalue weighted by molar-refractivity contribution is -0.306. The Hall–Kier alpha value is -3.53. The van der Waals surface area contributed by atoms with E-state index in [2.05, 4.69) is 20.8 Å². The van der Waals surface area contributed by atoms with Gasteiger partial charge in [-0.05, 0) is 105 Å². The molecule has 8 rings (SSSR count). The van der Waals surface area contributed by atoms with Crippen molar-refractivity contribution < 1.29 is 43.2 Å². The van der Waals surface area contributed by atoms with Gasteiger partial charge in [-0.3, -0.25) is 4.79 Å². The van der Waals surface area contributed by atoms with E-state index in [0.717, 1.165) is 37.7 Å². The third-order valence-corrected chi connectivity index (χ3v) is 14.3. The molecule has 1 spiro atoms. The van der Waals surface area contributed by atoms with Gasteiger partial charge in [-0.15, -0.1) is 0 Å². The molecule has 0 amide bonds. The van der Waals surface area contributed by atoms with Crippen molar-refractivity contribution in [3.63, 3.8) is 0 Å². The highest BCUT2D eigenvalue weighted by Gasteiger charge is 2.75. The van der Waals surface area contributed by atoms with Crippen LogP contribution in [-0.2, 0) is 28.5 Å². The quantitative estimate of drug-likeness (QED) is 0.186. The van der Waals surface area contributed by atoms with Gasteiger partial charge in [-0.2, -0.15) is 0 Å². The van der Waals surface area contributed by atoms with E-state index < -0.39 is 40.6 Å². The molecule has 9 heteroatoms. The van der Waals surface area contributed by atoms with Crippen LogP contribution in [0.2, 0.25) is 0 Å². The van der Waals surface area contributed by atoms with Crippen LogP contribution in [0.15, 0.2) is 72.3 Å². The van der Waals surface area contributed by atoms with E-state index in [4.69, 9.17) is 23.7 Å². The van der Waals surface area contributed by atoms with E-state index in [1.165, 1.54) is 6.92 Å². The second-order valence-corrected chi connectivity index (χ2v) is 17.3. The van der Waals surface area contributed by atoms with E-state index in [1.54, 1.807) is 36.4 Å². The molecule has 2 heterocycles. The maximum atomic E-state index is 13.9. The third kappa shape index (κ3) is 5.56. The van der Waals surface area contributed by atoms with Crippen LogP contribution in [0.5, 0.6) is 0 Å². The zero-order valence-corrected chi connectivity index (χ0v) is 31.0. The van der Waals surface area contributed by atoms with Crippen molar-refractivity contribution in [2.24, 2.45) is 40.4 Å². The predicted octanol–water partition coefficient (Wildman–Crippen LogP) is 7.42. The summed E-state index contributed by atoms with van der Waals surface area (Å²) in [6.45, 7) is 10.1. The molecule has 0 unspecified atom stereocenters. The summed E-state index contributed by atoms with van der Waals surface area (Å²) in [7, 11) is 0. The molecule has 6 aliphatic rings. The minimum Gasteiger partial charge on any atom is -0.463 e. The first-order valence-corrected chi connectivity index (χ1v) is 19.2. The van der Waals surface area contributed by atoms with E-state index in [1.807, 2.05) is 37.3 Å². The summed E-state index contributed by atoms with van der Waals surface area (Å²) in [5.74, 6) is -3.68. The lowest BCUT2D eigenvalue weighted by atomic mass is 9.44. The molecule has 3 saturated carbocycles. The molecular formula is C43H52O9. The molecule has 12 atom stereocenters. The fraction of sp³-hybridized carbons (Fsp3) is 0.605. The Kier molecular flexibility index (Phi) is 8.55. The molecule has 5 fully saturated rings. The van der Waals surface area contributed by atoms with Gasteiger partial charge in [-0.1, -0.05) is 62.7 Å². The minimum atomic E-state index is -1.63. The van der Waals surface area contributed by atoms with Gasteiger partial charge in [0, 0.05) is 30.6 Å². The number of fused-ring (bicyclic) bond motifs is 7. The number of rotatable bonds is 6. The van der Waals surface area contributed by atoms with Crippen molar-refractivity contribution in [2.75, 3.05) is 6.61 Å². The molecule has 1 N–H and O–H groups in total. The Bertz CT molecular complexity index is 1760. The maximum absolute atomic E-state index is 13.9. The summed E-state index contributed by atoms with van der Waals surface area (Å²) in [5.41, 5.74) is 0.530. The van der Waals surface area contributed by atoms with Crippen LogP contribution in [0.1, 0.15) is 107 Å². The normalized spacial score (nSPS) is 43.0. The molecule has 2 aromatic rings. The van der Waals surface area contributed by atoms with Crippen molar-refractivity contribution in [1.82, 2.24) is 0 Å². The Morgan fingerprint density at radius 2 is 1.50 bits per heavy atom. The molecular weight excluding hydrogens is 660 g/mol. The highest BCUT2D eigenvalue weighted by Crippen LogP contribution is 2.72. The highest BCUT2D eigenvalue weighted by molar-refractivity contribution is 5.90. The van der Waals surface area contributed by atoms with Crippen LogP contribution in [0, 0.1) is 40.4 Å². The third-order valence-electron chi connectivity index (χ3n) is 14.3. The van der Waals surface area contributed by atoms with E-state index >= 15 is 0 Å². The molecule has 9 nitrogen and oxygen atoms in total. The van der Waals surface area contributed by atoms with E-state index in [-0.39, 0.29) is 47.8 Å². The van der Waals surface area contributed by atoms with Crippen molar-refractivity contribution in [3.05, 3.63) is 83.4 Å². The number of carbonyl (C=O) groups excluding carboxylic acids is 3. The Balaban J connectivity index is 1.10. The van der Waals surface area contributed by atoms with Gasteiger partial charge in [0.25, 0.3) is 0 Å². The highest BCUT2D eigenvalue weighted by atomic mass is 16.8. The Morgan fingerprint density at radius 1 is 0.827 bits per heavy atom. The number of ether oxygens (including phenoxy) is 5. The summed E-state index contributed by atoms with van der Waals surface area (Å²) in [6.07, 6.45) is 7.68. The summed E-state index contributed by atoms with van der Waals surface area (Å²) < 4.78 is 31.7. The molecule has 2 aromatic carbocycles. The lowest BCUT2D eigenvalue weighted by Gasteiger charge is -2.61. The summed E-state index contributed by atoms with van der Waals surface area (Å²) in [5, 5.41) is 12.7. The molecule has 278 valence electrons. The zero-order chi connectivity index (χ0) is 36.7. The monoisotopic (exact) mass is 712 g/mol. The number of esters is 3. The molecule has 0 radical (unpaired) electrons. The topological polar surface area (TPSA) is 118 Å². The number of aliphatic hydroxyl groups is 1. The molecule has 2 saturated heterocycles. The van der Waals surface area contributed by atoms with Gasteiger partial charge >= 0.3 is 17.9 Å². The fourth-order valence-corrected chi connectivity index (χ4v) is 11.8. The van der Waals surface area contributed by atoms with Crippen LogP contribution in [0.3, 0.4) is 0 Å².